The number of carbonyl (C=O) groups is 1. The molecule has 2 rings (SSSR count). The first-order valence-corrected chi connectivity index (χ1v) is 6.13. The number of hydrogen-bond acceptors (Lipinski definition) is 3. The van der Waals surface area contributed by atoms with Gasteiger partial charge in [0.15, 0.2) is 5.75 Å². The number of aromatic nitrogens is 1. The first-order chi connectivity index (χ1) is 9.11. The van der Waals surface area contributed by atoms with E-state index in [0.717, 1.165) is 0 Å². The maximum atomic E-state index is 12.0. The average molecular weight is 297 g/mol. The second-order valence-electron chi connectivity index (χ2n) is 3.64. The van der Waals surface area contributed by atoms with Crippen LogP contribution < -0.4 is 10.1 Å². The van der Waals surface area contributed by atoms with Gasteiger partial charge in [-0.15, -0.1) is 0 Å². The van der Waals surface area contributed by atoms with Crippen molar-refractivity contribution in [2.45, 2.75) is 0 Å². The van der Waals surface area contributed by atoms with Gasteiger partial charge in [-0.25, -0.2) is 0 Å². The molecule has 1 aromatic carbocycles. The topological polar surface area (TPSA) is 51.2 Å². The van der Waals surface area contributed by atoms with Gasteiger partial charge in [0, 0.05) is 11.2 Å². The molecule has 0 atom stereocenters. The Kier molecular flexibility index (Phi) is 4.24. The highest BCUT2D eigenvalue weighted by atomic mass is 35.5. The predicted molar refractivity (Wildman–Crippen MR) is 75.2 cm³/mol. The van der Waals surface area contributed by atoms with Crippen LogP contribution in [0.15, 0.2) is 36.5 Å². The van der Waals surface area contributed by atoms with Gasteiger partial charge in [0.2, 0.25) is 0 Å². The van der Waals surface area contributed by atoms with E-state index in [4.69, 9.17) is 27.9 Å². The Balaban J connectivity index is 2.31. The number of anilines is 1. The van der Waals surface area contributed by atoms with Crippen LogP contribution in [0.5, 0.6) is 5.75 Å². The van der Waals surface area contributed by atoms with Crippen molar-refractivity contribution >= 4 is 34.8 Å². The molecule has 0 saturated carbocycles. The minimum atomic E-state index is -0.364. The first kappa shape index (κ1) is 13.6. The minimum absolute atomic E-state index is 0.292. The van der Waals surface area contributed by atoms with Gasteiger partial charge in [0.1, 0.15) is 5.69 Å². The molecule has 0 saturated heterocycles. The molecule has 0 unspecified atom stereocenters. The van der Waals surface area contributed by atoms with E-state index < -0.39 is 0 Å². The van der Waals surface area contributed by atoms with Gasteiger partial charge in [-0.05, 0) is 24.3 Å². The average Bonchev–Trinajstić information content (AvgIpc) is 2.39. The summed E-state index contributed by atoms with van der Waals surface area (Å²) in [7, 11) is 1.46. The van der Waals surface area contributed by atoms with Crippen molar-refractivity contribution in [3.05, 3.63) is 52.3 Å². The van der Waals surface area contributed by atoms with E-state index in [9.17, 15) is 4.79 Å². The van der Waals surface area contributed by atoms with E-state index in [0.29, 0.717) is 27.2 Å². The maximum absolute atomic E-state index is 12.0. The molecule has 2 aromatic rings. The predicted octanol–water partition coefficient (Wildman–Crippen LogP) is 3.65. The van der Waals surface area contributed by atoms with E-state index in [1.807, 2.05) is 0 Å². The Morgan fingerprint density at radius 3 is 2.74 bits per heavy atom. The van der Waals surface area contributed by atoms with Crippen molar-refractivity contribution in [1.29, 1.82) is 0 Å². The molecule has 0 aliphatic carbocycles. The molecular weight excluding hydrogens is 287 g/mol. The number of pyridine rings is 1. The molecule has 4 nitrogen and oxygen atoms in total. The standard InChI is InChI=1S/C13H10Cl2N2O2/c1-19-12-9(15)6-8(14)7-11(12)17-13(18)10-4-2-3-5-16-10/h2-7H,1H3,(H,17,18). The number of rotatable bonds is 3. The van der Waals surface area contributed by atoms with Gasteiger partial charge in [-0.3, -0.25) is 9.78 Å². The molecule has 1 N–H and O–H groups in total. The number of halogens is 2. The van der Waals surface area contributed by atoms with Crippen molar-refractivity contribution in [1.82, 2.24) is 4.98 Å². The number of amides is 1. The van der Waals surface area contributed by atoms with Crippen LogP contribution in [0.2, 0.25) is 10.0 Å². The summed E-state index contributed by atoms with van der Waals surface area (Å²) in [5, 5.41) is 3.39. The SMILES string of the molecule is COc1c(Cl)cc(Cl)cc1NC(=O)c1ccccn1. The molecule has 0 spiro atoms. The summed E-state index contributed by atoms with van der Waals surface area (Å²) in [4.78, 5) is 15.9. The third kappa shape index (κ3) is 3.16. The van der Waals surface area contributed by atoms with Crippen molar-refractivity contribution in [2.24, 2.45) is 0 Å². The van der Waals surface area contributed by atoms with Crippen LogP contribution in [0.25, 0.3) is 0 Å². The summed E-state index contributed by atoms with van der Waals surface area (Å²) < 4.78 is 5.14. The van der Waals surface area contributed by atoms with E-state index in [1.54, 1.807) is 30.3 Å². The highest BCUT2D eigenvalue weighted by molar-refractivity contribution is 6.36. The van der Waals surface area contributed by atoms with Gasteiger partial charge in [0.25, 0.3) is 5.91 Å². The third-order valence-corrected chi connectivity index (χ3v) is 2.86. The lowest BCUT2D eigenvalue weighted by Gasteiger charge is -2.11. The Morgan fingerprint density at radius 1 is 1.32 bits per heavy atom. The van der Waals surface area contributed by atoms with E-state index in [1.165, 1.54) is 13.3 Å². The smallest absolute Gasteiger partial charge is 0.274 e. The molecule has 98 valence electrons. The second-order valence-corrected chi connectivity index (χ2v) is 4.48. The summed E-state index contributed by atoms with van der Waals surface area (Å²) in [5.41, 5.74) is 0.691. The van der Waals surface area contributed by atoms with Crippen molar-refractivity contribution in [3.63, 3.8) is 0 Å². The van der Waals surface area contributed by atoms with Crippen molar-refractivity contribution in [3.8, 4) is 5.75 Å². The molecule has 0 aliphatic rings. The molecule has 6 heteroatoms. The number of nitrogens with one attached hydrogen (secondary N) is 1. The highest BCUT2D eigenvalue weighted by Gasteiger charge is 2.14. The summed E-state index contributed by atoms with van der Waals surface area (Å²) in [6.45, 7) is 0. The van der Waals surface area contributed by atoms with Gasteiger partial charge >= 0.3 is 0 Å². The molecule has 19 heavy (non-hydrogen) atoms. The van der Waals surface area contributed by atoms with Crippen molar-refractivity contribution in [2.75, 3.05) is 12.4 Å². The molecule has 1 aromatic heterocycles. The zero-order valence-corrected chi connectivity index (χ0v) is 11.5. The Hall–Kier alpha value is -1.78. The monoisotopic (exact) mass is 296 g/mol. The van der Waals surface area contributed by atoms with Crippen LogP contribution in [0, 0.1) is 0 Å². The fraction of sp³-hybridized carbons (Fsp3) is 0.0769. The maximum Gasteiger partial charge on any atom is 0.274 e. The molecular formula is C13H10Cl2N2O2. The largest absolute Gasteiger partial charge is 0.493 e. The number of hydrogen-bond donors (Lipinski definition) is 1. The summed E-state index contributed by atoms with van der Waals surface area (Å²) in [5.74, 6) is -0.00687. The number of carbonyl (C=O) groups excluding carboxylic acids is 1. The lowest BCUT2D eigenvalue weighted by Crippen LogP contribution is -2.14. The quantitative estimate of drug-likeness (QED) is 0.940. The lowest BCUT2D eigenvalue weighted by molar-refractivity contribution is 0.102. The fourth-order valence-electron chi connectivity index (χ4n) is 1.54. The summed E-state index contributed by atoms with van der Waals surface area (Å²) in [6, 6.07) is 8.16. The van der Waals surface area contributed by atoms with Gasteiger partial charge in [-0.2, -0.15) is 0 Å². The molecule has 1 heterocycles. The Bertz CT molecular complexity index is 603. The highest BCUT2D eigenvalue weighted by Crippen LogP contribution is 2.36. The van der Waals surface area contributed by atoms with E-state index in [2.05, 4.69) is 10.3 Å². The zero-order chi connectivity index (χ0) is 13.8. The van der Waals surface area contributed by atoms with E-state index >= 15 is 0 Å². The van der Waals surface area contributed by atoms with Crippen LogP contribution in [-0.2, 0) is 0 Å². The van der Waals surface area contributed by atoms with Gasteiger partial charge < -0.3 is 10.1 Å². The third-order valence-electron chi connectivity index (χ3n) is 2.36. The Labute approximate surface area is 120 Å². The molecule has 0 bridgehead atoms. The number of benzene rings is 1. The molecule has 0 aliphatic heterocycles. The van der Waals surface area contributed by atoms with Crippen LogP contribution in [0.1, 0.15) is 10.5 Å². The summed E-state index contributed by atoms with van der Waals surface area (Å²) >= 11 is 11.9. The summed E-state index contributed by atoms with van der Waals surface area (Å²) in [6.07, 6.45) is 1.54. The lowest BCUT2D eigenvalue weighted by atomic mass is 10.2. The number of nitrogens with zero attached hydrogens (tertiary/aromatic N) is 1. The van der Waals surface area contributed by atoms with E-state index in [-0.39, 0.29) is 5.91 Å². The second kappa shape index (κ2) is 5.91. The van der Waals surface area contributed by atoms with Gasteiger partial charge in [-0.1, -0.05) is 29.3 Å². The van der Waals surface area contributed by atoms with Crippen LogP contribution in [-0.4, -0.2) is 18.0 Å². The minimum Gasteiger partial charge on any atom is -0.493 e. The zero-order valence-electron chi connectivity index (χ0n) is 9.98. The fourth-order valence-corrected chi connectivity index (χ4v) is 2.11. The van der Waals surface area contributed by atoms with Gasteiger partial charge in [0.05, 0.1) is 17.8 Å². The van der Waals surface area contributed by atoms with Crippen LogP contribution in [0.3, 0.4) is 0 Å². The van der Waals surface area contributed by atoms with Crippen molar-refractivity contribution < 1.29 is 9.53 Å². The molecule has 0 fully saturated rings. The normalized spacial score (nSPS) is 10.1. The van der Waals surface area contributed by atoms with Crippen LogP contribution in [0.4, 0.5) is 5.69 Å². The van der Waals surface area contributed by atoms with Crippen LogP contribution >= 0.6 is 23.2 Å². The number of ether oxygens (including phenoxy) is 1. The Morgan fingerprint density at radius 2 is 2.11 bits per heavy atom. The number of methoxy groups -OCH3 is 1. The molecule has 0 radical (unpaired) electrons. The molecule has 1 amide bonds. The first-order valence-electron chi connectivity index (χ1n) is 5.37.